The molecule has 1 amide bonds. The third-order valence-electron chi connectivity index (χ3n) is 5.77. The van der Waals surface area contributed by atoms with Gasteiger partial charge in [0.1, 0.15) is 5.75 Å². The molecule has 0 radical (unpaired) electrons. The van der Waals surface area contributed by atoms with E-state index in [0.717, 1.165) is 11.3 Å². The highest BCUT2D eigenvalue weighted by molar-refractivity contribution is 5.93. The Balaban J connectivity index is 1.17. The van der Waals surface area contributed by atoms with Gasteiger partial charge in [-0.1, -0.05) is 6.07 Å². The number of piperazine rings is 1. The van der Waals surface area contributed by atoms with Crippen LogP contribution in [0, 0.1) is 0 Å². The molecule has 1 saturated heterocycles. The minimum absolute atomic E-state index is 0.0157. The second kappa shape index (κ2) is 7.63. The van der Waals surface area contributed by atoms with E-state index in [-0.39, 0.29) is 42.4 Å². The van der Waals surface area contributed by atoms with Crippen molar-refractivity contribution >= 4 is 23.3 Å². The Kier molecular flexibility index (Phi) is 4.89. The molecule has 5 rings (SSSR count). The molecule has 8 nitrogen and oxygen atoms in total. The number of hydrogen-bond donors (Lipinski definition) is 1. The molecule has 3 aliphatic rings. The number of amides is 1. The number of carbonyl (C=O) groups excluding carboxylic acids is 2. The second-order valence-electron chi connectivity index (χ2n) is 8.09. The molecule has 32 heavy (non-hydrogen) atoms. The number of halogens is 2. The van der Waals surface area contributed by atoms with Gasteiger partial charge in [-0.2, -0.15) is 0 Å². The van der Waals surface area contributed by atoms with Crippen molar-refractivity contribution in [1.82, 2.24) is 4.90 Å². The van der Waals surface area contributed by atoms with Crippen LogP contribution in [0.3, 0.4) is 0 Å². The molecule has 0 saturated carbocycles. The fourth-order valence-electron chi connectivity index (χ4n) is 4.17. The first kappa shape index (κ1) is 20.5. The summed E-state index contributed by atoms with van der Waals surface area (Å²) in [4.78, 5) is 28.1. The molecular formula is C22H21F2N3O5. The first-order chi connectivity index (χ1) is 15.3. The van der Waals surface area contributed by atoms with Gasteiger partial charge in [0.15, 0.2) is 11.5 Å². The quantitative estimate of drug-likeness (QED) is 0.573. The highest BCUT2D eigenvalue weighted by Crippen LogP contribution is 2.43. The molecule has 1 fully saturated rings. The topological polar surface area (TPSA) is 80.3 Å². The lowest BCUT2D eigenvalue weighted by atomic mass is 10.1. The molecule has 10 heteroatoms. The van der Waals surface area contributed by atoms with Gasteiger partial charge in [0.05, 0.1) is 13.0 Å². The summed E-state index contributed by atoms with van der Waals surface area (Å²) < 4.78 is 40.6. The van der Waals surface area contributed by atoms with Crippen molar-refractivity contribution in [3.05, 3.63) is 42.0 Å². The Morgan fingerprint density at radius 2 is 1.94 bits per heavy atom. The van der Waals surface area contributed by atoms with Crippen molar-refractivity contribution in [3.8, 4) is 17.2 Å². The molecular weight excluding hydrogens is 424 g/mol. The molecule has 0 unspecified atom stereocenters. The summed E-state index contributed by atoms with van der Waals surface area (Å²) in [5.74, 6) is 0.0490. The van der Waals surface area contributed by atoms with E-state index in [0.29, 0.717) is 31.1 Å². The summed E-state index contributed by atoms with van der Waals surface area (Å²) in [5, 5.41) is 2.85. The van der Waals surface area contributed by atoms with Crippen molar-refractivity contribution in [2.24, 2.45) is 0 Å². The van der Waals surface area contributed by atoms with Crippen LogP contribution in [0.25, 0.3) is 0 Å². The zero-order valence-electron chi connectivity index (χ0n) is 17.3. The summed E-state index contributed by atoms with van der Waals surface area (Å²) in [6.45, 7) is 4.09. The number of esters is 1. The number of rotatable bonds is 4. The molecule has 168 valence electrons. The van der Waals surface area contributed by atoms with E-state index in [1.807, 2.05) is 6.92 Å². The van der Waals surface area contributed by atoms with E-state index in [1.165, 1.54) is 6.07 Å². The van der Waals surface area contributed by atoms with Crippen LogP contribution in [0.1, 0.15) is 12.5 Å². The molecule has 1 N–H and O–H groups in total. The molecule has 0 bridgehead atoms. The summed E-state index contributed by atoms with van der Waals surface area (Å²) in [7, 11) is 0. The van der Waals surface area contributed by atoms with E-state index in [4.69, 9.17) is 4.74 Å². The van der Waals surface area contributed by atoms with Gasteiger partial charge in [-0.15, -0.1) is 8.78 Å². The van der Waals surface area contributed by atoms with Crippen LogP contribution in [0.2, 0.25) is 0 Å². The lowest BCUT2D eigenvalue weighted by Crippen LogP contribution is -2.53. The van der Waals surface area contributed by atoms with Crippen molar-refractivity contribution < 1.29 is 32.6 Å². The van der Waals surface area contributed by atoms with E-state index < -0.39 is 6.29 Å². The molecule has 2 aromatic carbocycles. The Morgan fingerprint density at radius 3 is 2.75 bits per heavy atom. The fraction of sp³-hybridized carbons (Fsp3) is 0.364. The fourth-order valence-corrected chi connectivity index (χ4v) is 4.17. The first-order valence-electron chi connectivity index (χ1n) is 10.3. The average Bonchev–Trinajstić information content (AvgIpc) is 3.24. The Hall–Kier alpha value is -3.40. The van der Waals surface area contributed by atoms with Crippen LogP contribution in [0.4, 0.5) is 20.2 Å². The average molecular weight is 445 g/mol. The number of carbonyl (C=O) groups is 2. The van der Waals surface area contributed by atoms with Gasteiger partial charge in [0.25, 0.3) is 0 Å². The lowest BCUT2D eigenvalue weighted by molar-refractivity contribution is -0.286. The summed E-state index contributed by atoms with van der Waals surface area (Å²) in [5.41, 5.74) is 2.14. The Labute approximate surface area is 182 Å². The number of fused-ring (bicyclic) bond motifs is 2. The minimum atomic E-state index is -3.64. The molecule has 0 spiro atoms. The van der Waals surface area contributed by atoms with Crippen molar-refractivity contribution in [3.63, 3.8) is 0 Å². The Morgan fingerprint density at radius 1 is 1.12 bits per heavy atom. The van der Waals surface area contributed by atoms with Crippen molar-refractivity contribution in [2.45, 2.75) is 25.7 Å². The summed E-state index contributed by atoms with van der Waals surface area (Å²) in [6.07, 6.45) is -3.39. The van der Waals surface area contributed by atoms with Crippen LogP contribution < -0.4 is 24.4 Å². The highest BCUT2D eigenvalue weighted by atomic mass is 19.3. The van der Waals surface area contributed by atoms with Crippen LogP contribution in [-0.2, 0) is 16.0 Å². The Bertz CT molecular complexity index is 1090. The number of anilines is 2. The maximum atomic E-state index is 13.3. The van der Waals surface area contributed by atoms with E-state index in [2.05, 4.69) is 24.6 Å². The van der Waals surface area contributed by atoms with Crippen LogP contribution >= 0.6 is 0 Å². The van der Waals surface area contributed by atoms with E-state index in [9.17, 15) is 18.4 Å². The van der Waals surface area contributed by atoms with Crippen molar-refractivity contribution in [1.29, 1.82) is 0 Å². The van der Waals surface area contributed by atoms with Gasteiger partial charge in [0, 0.05) is 54.7 Å². The van der Waals surface area contributed by atoms with Crippen LogP contribution in [-0.4, -0.2) is 55.3 Å². The molecule has 0 aromatic heterocycles. The molecule has 0 aliphatic carbocycles. The molecule has 1 atom stereocenters. The number of hydrogen-bond acceptors (Lipinski definition) is 7. The molecule has 2 aromatic rings. The zero-order chi connectivity index (χ0) is 22.5. The maximum absolute atomic E-state index is 13.3. The standard InChI is InChI=1S/C22H21F2N3O5/c1-13-11-27(16-4-5-17-19(10-16)32-22(23,24)31-17)7-6-26(13)12-20(28)25-15-3-2-14-8-21(29)30-18(14)9-15/h2-5,9-10,13H,6-8,11-12H2,1H3,(H,25,28)/t13-/m1/s1. The zero-order valence-corrected chi connectivity index (χ0v) is 17.3. The molecule has 3 aliphatic heterocycles. The lowest BCUT2D eigenvalue weighted by Gasteiger charge is -2.40. The number of nitrogens with zero attached hydrogens (tertiary/aromatic N) is 2. The monoisotopic (exact) mass is 445 g/mol. The summed E-state index contributed by atoms with van der Waals surface area (Å²) >= 11 is 0. The van der Waals surface area contributed by atoms with E-state index in [1.54, 1.807) is 30.3 Å². The third-order valence-corrected chi connectivity index (χ3v) is 5.77. The van der Waals surface area contributed by atoms with Crippen LogP contribution in [0.15, 0.2) is 36.4 Å². The third kappa shape index (κ3) is 4.05. The highest BCUT2D eigenvalue weighted by Gasteiger charge is 2.43. The maximum Gasteiger partial charge on any atom is 0.586 e. The van der Waals surface area contributed by atoms with Gasteiger partial charge in [-0.3, -0.25) is 14.5 Å². The molecule has 3 heterocycles. The number of benzene rings is 2. The van der Waals surface area contributed by atoms with E-state index >= 15 is 0 Å². The second-order valence-corrected chi connectivity index (χ2v) is 8.09. The van der Waals surface area contributed by atoms with Gasteiger partial charge in [-0.05, 0) is 25.1 Å². The predicted molar refractivity (Wildman–Crippen MR) is 110 cm³/mol. The van der Waals surface area contributed by atoms with Gasteiger partial charge in [0.2, 0.25) is 5.91 Å². The van der Waals surface area contributed by atoms with Gasteiger partial charge < -0.3 is 24.4 Å². The largest absolute Gasteiger partial charge is 0.586 e. The van der Waals surface area contributed by atoms with Gasteiger partial charge in [-0.25, -0.2) is 0 Å². The number of alkyl halides is 2. The number of ether oxygens (including phenoxy) is 3. The smallest absolute Gasteiger partial charge is 0.426 e. The van der Waals surface area contributed by atoms with Crippen molar-refractivity contribution in [2.75, 3.05) is 36.4 Å². The predicted octanol–water partition coefficient (Wildman–Crippen LogP) is 2.62. The van der Waals surface area contributed by atoms with Crippen LogP contribution in [0.5, 0.6) is 17.2 Å². The minimum Gasteiger partial charge on any atom is -0.426 e. The van der Waals surface area contributed by atoms with Gasteiger partial charge >= 0.3 is 12.3 Å². The SMILES string of the molecule is C[C@@H]1CN(c2ccc3c(c2)OC(F)(F)O3)CCN1CC(=O)Nc1ccc2c(c1)OC(=O)C2. The number of nitrogens with one attached hydrogen (secondary N) is 1. The summed E-state index contributed by atoms with van der Waals surface area (Å²) in [6, 6.07) is 9.99. The normalized spacial score (nSPS) is 21.3. The first-order valence-corrected chi connectivity index (χ1v) is 10.3.